The smallest absolute Gasteiger partial charge is 0.337 e. The SMILES string of the molecule is COC(=O)c1ccc(OCc2nnc(-c3ccccc3Cl)o2)cc1. The summed E-state index contributed by atoms with van der Waals surface area (Å²) in [4.78, 5) is 11.4. The maximum Gasteiger partial charge on any atom is 0.337 e. The van der Waals surface area contributed by atoms with Gasteiger partial charge in [0.15, 0.2) is 6.61 Å². The normalized spacial score (nSPS) is 10.4. The van der Waals surface area contributed by atoms with Gasteiger partial charge in [-0.05, 0) is 36.4 Å². The van der Waals surface area contributed by atoms with Gasteiger partial charge in [0.2, 0.25) is 5.89 Å². The molecule has 0 saturated carbocycles. The molecule has 0 N–H and O–H groups in total. The molecule has 0 bridgehead atoms. The van der Waals surface area contributed by atoms with Gasteiger partial charge in [-0.25, -0.2) is 4.79 Å². The molecule has 6 nitrogen and oxygen atoms in total. The van der Waals surface area contributed by atoms with Gasteiger partial charge in [0.05, 0.1) is 23.3 Å². The van der Waals surface area contributed by atoms with Crippen LogP contribution in [-0.2, 0) is 11.3 Å². The third kappa shape index (κ3) is 3.55. The Bertz CT molecular complexity index is 846. The molecular formula is C17H13ClN2O4. The predicted molar refractivity (Wildman–Crippen MR) is 86.9 cm³/mol. The molecule has 0 fully saturated rings. The Morgan fingerprint density at radius 1 is 1.12 bits per heavy atom. The maximum atomic E-state index is 11.4. The Balaban J connectivity index is 1.65. The van der Waals surface area contributed by atoms with Crippen LogP contribution in [0.4, 0.5) is 0 Å². The zero-order valence-corrected chi connectivity index (χ0v) is 13.5. The van der Waals surface area contributed by atoms with E-state index < -0.39 is 5.97 Å². The molecule has 0 aliphatic rings. The highest BCUT2D eigenvalue weighted by Gasteiger charge is 2.12. The molecule has 1 heterocycles. The topological polar surface area (TPSA) is 74.5 Å². The number of benzene rings is 2. The van der Waals surface area contributed by atoms with Gasteiger partial charge in [-0.2, -0.15) is 0 Å². The summed E-state index contributed by atoms with van der Waals surface area (Å²) < 4.78 is 15.7. The van der Waals surface area contributed by atoms with E-state index in [0.29, 0.717) is 33.7 Å². The van der Waals surface area contributed by atoms with Crippen molar-refractivity contribution in [2.24, 2.45) is 0 Å². The third-order valence-electron chi connectivity index (χ3n) is 3.21. The van der Waals surface area contributed by atoms with Crippen molar-refractivity contribution in [2.75, 3.05) is 7.11 Å². The van der Waals surface area contributed by atoms with Crippen LogP contribution in [0, 0.1) is 0 Å². The van der Waals surface area contributed by atoms with Crippen molar-refractivity contribution in [1.29, 1.82) is 0 Å². The Morgan fingerprint density at radius 3 is 2.58 bits per heavy atom. The second-order valence-corrected chi connectivity index (χ2v) is 5.19. The zero-order chi connectivity index (χ0) is 16.9. The van der Waals surface area contributed by atoms with Gasteiger partial charge in [-0.15, -0.1) is 10.2 Å². The number of nitrogens with zero attached hydrogens (tertiary/aromatic N) is 2. The lowest BCUT2D eigenvalue weighted by molar-refractivity contribution is 0.0600. The molecule has 24 heavy (non-hydrogen) atoms. The van der Waals surface area contributed by atoms with E-state index in [-0.39, 0.29) is 6.61 Å². The van der Waals surface area contributed by atoms with Crippen LogP contribution in [0.1, 0.15) is 16.2 Å². The van der Waals surface area contributed by atoms with Crippen molar-refractivity contribution in [3.8, 4) is 17.2 Å². The maximum absolute atomic E-state index is 11.4. The molecule has 0 spiro atoms. The predicted octanol–water partition coefficient (Wildman–Crippen LogP) is 3.76. The van der Waals surface area contributed by atoms with Crippen molar-refractivity contribution < 1.29 is 18.7 Å². The largest absolute Gasteiger partial charge is 0.484 e. The highest BCUT2D eigenvalue weighted by molar-refractivity contribution is 6.33. The van der Waals surface area contributed by atoms with Crippen molar-refractivity contribution in [1.82, 2.24) is 10.2 Å². The van der Waals surface area contributed by atoms with Crippen molar-refractivity contribution in [3.63, 3.8) is 0 Å². The van der Waals surface area contributed by atoms with E-state index in [9.17, 15) is 4.79 Å². The van der Waals surface area contributed by atoms with Crippen LogP contribution < -0.4 is 4.74 Å². The highest BCUT2D eigenvalue weighted by atomic mass is 35.5. The molecule has 0 aliphatic carbocycles. The molecule has 0 atom stereocenters. The number of methoxy groups -OCH3 is 1. The van der Waals surface area contributed by atoms with Crippen LogP contribution in [0.5, 0.6) is 5.75 Å². The first-order valence-electron chi connectivity index (χ1n) is 7.06. The fourth-order valence-corrected chi connectivity index (χ4v) is 2.22. The van der Waals surface area contributed by atoms with E-state index in [0.717, 1.165) is 0 Å². The molecular weight excluding hydrogens is 332 g/mol. The van der Waals surface area contributed by atoms with E-state index in [1.165, 1.54) is 7.11 Å². The summed E-state index contributed by atoms with van der Waals surface area (Å²) in [5, 5.41) is 8.43. The minimum Gasteiger partial charge on any atom is -0.484 e. The van der Waals surface area contributed by atoms with Crippen LogP contribution in [0.25, 0.3) is 11.5 Å². The van der Waals surface area contributed by atoms with Gasteiger partial charge in [0.25, 0.3) is 5.89 Å². The number of ether oxygens (including phenoxy) is 2. The Hall–Kier alpha value is -2.86. The molecule has 1 aromatic heterocycles. The lowest BCUT2D eigenvalue weighted by Gasteiger charge is -2.04. The molecule has 0 unspecified atom stereocenters. The standard InChI is InChI=1S/C17H13ClN2O4/c1-22-17(21)11-6-8-12(9-7-11)23-10-15-19-20-16(24-15)13-4-2-3-5-14(13)18/h2-9H,10H2,1H3. The molecule has 3 rings (SSSR count). The summed E-state index contributed by atoms with van der Waals surface area (Å²) in [6.45, 7) is 0.106. The summed E-state index contributed by atoms with van der Waals surface area (Å²) in [6, 6.07) is 13.8. The Labute approximate surface area is 143 Å². The summed E-state index contributed by atoms with van der Waals surface area (Å²) in [7, 11) is 1.33. The molecule has 3 aromatic rings. The number of esters is 1. The lowest BCUT2D eigenvalue weighted by Crippen LogP contribution is -2.01. The Kier molecular flexibility index (Phi) is 4.77. The first-order chi connectivity index (χ1) is 11.7. The van der Waals surface area contributed by atoms with E-state index in [1.807, 2.05) is 12.1 Å². The number of carbonyl (C=O) groups is 1. The second-order valence-electron chi connectivity index (χ2n) is 4.79. The molecule has 0 radical (unpaired) electrons. The van der Waals surface area contributed by atoms with Crippen LogP contribution in [-0.4, -0.2) is 23.3 Å². The first kappa shape index (κ1) is 16.0. The monoisotopic (exact) mass is 344 g/mol. The van der Waals surface area contributed by atoms with Crippen LogP contribution in [0.2, 0.25) is 5.02 Å². The fraction of sp³-hybridized carbons (Fsp3) is 0.118. The number of aromatic nitrogens is 2. The molecule has 0 amide bonds. The van der Waals surface area contributed by atoms with Crippen molar-refractivity contribution >= 4 is 17.6 Å². The van der Waals surface area contributed by atoms with Gasteiger partial charge in [-0.3, -0.25) is 0 Å². The van der Waals surface area contributed by atoms with E-state index in [4.69, 9.17) is 20.8 Å². The summed E-state index contributed by atoms with van der Waals surface area (Å²) in [6.07, 6.45) is 0. The average molecular weight is 345 g/mol. The quantitative estimate of drug-likeness (QED) is 0.656. The van der Waals surface area contributed by atoms with Gasteiger partial charge >= 0.3 is 5.97 Å². The van der Waals surface area contributed by atoms with Crippen molar-refractivity contribution in [2.45, 2.75) is 6.61 Å². The molecule has 0 aliphatic heterocycles. The Morgan fingerprint density at radius 2 is 1.88 bits per heavy atom. The number of rotatable bonds is 5. The first-order valence-corrected chi connectivity index (χ1v) is 7.43. The lowest BCUT2D eigenvalue weighted by atomic mass is 10.2. The summed E-state index contributed by atoms with van der Waals surface area (Å²) in [5.41, 5.74) is 1.11. The number of carbonyl (C=O) groups excluding carboxylic acids is 1. The fourth-order valence-electron chi connectivity index (χ4n) is 2.01. The number of hydrogen-bond acceptors (Lipinski definition) is 6. The van der Waals surface area contributed by atoms with Crippen LogP contribution in [0.3, 0.4) is 0 Å². The zero-order valence-electron chi connectivity index (χ0n) is 12.7. The minimum atomic E-state index is -0.400. The third-order valence-corrected chi connectivity index (χ3v) is 3.54. The highest BCUT2D eigenvalue weighted by Crippen LogP contribution is 2.26. The average Bonchev–Trinajstić information content (AvgIpc) is 3.09. The molecule has 122 valence electrons. The van der Waals surface area contributed by atoms with E-state index >= 15 is 0 Å². The molecule has 2 aromatic carbocycles. The van der Waals surface area contributed by atoms with Gasteiger partial charge in [-0.1, -0.05) is 23.7 Å². The number of halogens is 1. The number of hydrogen-bond donors (Lipinski definition) is 0. The van der Waals surface area contributed by atoms with Crippen molar-refractivity contribution in [3.05, 3.63) is 65.0 Å². The van der Waals surface area contributed by atoms with Crippen LogP contribution in [0.15, 0.2) is 52.9 Å². The summed E-state index contributed by atoms with van der Waals surface area (Å²) >= 11 is 6.10. The van der Waals surface area contributed by atoms with Gasteiger partial charge < -0.3 is 13.9 Å². The minimum absolute atomic E-state index is 0.106. The van der Waals surface area contributed by atoms with E-state index in [2.05, 4.69) is 14.9 Å². The summed E-state index contributed by atoms with van der Waals surface area (Å²) in [5.74, 6) is 0.824. The van der Waals surface area contributed by atoms with Crippen LogP contribution >= 0.6 is 11.6 Å². The molecule has 7 heteroatoms. The van der Waals surface area contributed by atoms with E-state index in [1.54, 1.807) is 36.4 Å². The van der Waals surface area contributed by atoms with Gasteiger partial charge in [0, 0.05) is 0 Å². The van der Waals surface area contributed by atoms with Gasteiger partial charge in [0.1, 0.15) is 5.75 Å². The molecule has 0 saturated heterocycles. The second kappa shape index (κ2) is 7.14.